The second-order valence-corrected chi connectivity index (χ2v) is 12.4. The van der Waals surface area contributed by atoms with E-state index < -0.39 is 35.3 Å². The van der Waals surface area contributed by atoms with E-state index in [1.807, 2.05) is 6.07 Å². The first-order valence-electron chi connectivity index (χ1n) is 12.2. The van der Waals surface area contributed by atoms with Crippen molar-refractivity contribution in [1.29, 1.82) is 0 Å². The zero-order valence-electron chi connectivity index (χ0n) is 20.4. The molecule has 0 bridgehead atoms. The fourth-order valence-corrected chi connectivity index (χ4v) is 6.58. The van der Waals surface area contributed by atoms with E-state index in [0.717, 1.165) is 5.56 Å². The summed E-state index contributed by atoms with van der Waals surface area (Å²) in [6, 6.07) is 8.04. The molecule has 2 heterocycles. The molecule has 4 atom stereocenters. The van der Waals surface area contributed by atoms with Gasteiger partial charge in [-0.25, -0.2) is 4.39 Å². The van der Waals surface area contributed by atoms with Crippen LogP contribution in [0.15, 0.2) is 36.4 Å². The van der Waals surface area contributed by atoms with Gasteiger partial charge in [0.05, 0.1) is 12.1 Å². The molecule has 4 unspecified atom stereocenters. The number of amides is 2. The molecule has 1 aliphatic carbocycles. The number of anilines is 1. The summed E-state index contributed by atoms with van der Waals surface area (Å²) < 4.78 is 14.7. The Balaban J connectivity index is 1.70. The third-order valence-electron chi connectivity index (χ3n) is 7.61. The predicted octanol–water partition coefficient (Wildman–Crippen LogP) is 4.52. The topological polar surface area (TPSA) is 90.5 Å². The Morgan fingerprint density at radius 2 is 1.89 bits per heavy atom. The van der Waals surface area contributed by atoms with Crippen molar-refractivity contribution >= 4 is 40.7 Å². The summed E-state index contributed by atoms with van der Waals surface area (Å²) in [6.07, 6.45) is 1.11. The maximum atomic E-state index is 14.7. The largest absolute Gasteiger partial charge is 0.393 e. The maximum absolute atomic E-state index is 14.7. The summed E-state index contributed by atoms with van der Waals surface area (Å²) in [5.74, 6) is -1.84. The van der Waals surface area contributed by atoms with Crippen LogP contribution in [-0.4, -0.2) is 41.2 Å². The number of carbonyl (C=O) groups excluding carboxylic acids is 2. The fraction of sp³-hybridized carbons (Fsp3) is 0.481. The Kier molecular flexibility index (Phi) is 6.35. The van der Waals surface area contributed by atoms with Gasteiger partial charge in [0, 0.05) is 33.7 Å². The van der Waals surface area contributed by atoms with E-state index in [4.69, 9.17) is 23.2 Å². The molecule has 9 heteroatoms. The SMILES string of the molecule is CC(C)(C)CC1NC(C(=O)NC2CC(O)C2)C(c2cc(F)cc(Cl)c2)C12C(=O)Nc1cc(Cl)ccc12. The van der Waals surface area contributed by atoms with E-state index in [2.05, 4.69) is 36.7 Å². The summed E-state index contributed by atoms with van der Waals surface area (Å²) in [4.78, 5) is 27.7. The first-order valence-corrected chi connectivity index (χ1v) is 13.0. The number of nitrogens with one attached hydrogen (secondary N) is 3. The molecular formula is C27H30Cl2FN3O3. The normalized spacial score (nSPS) is 31.2. The molecule has 2 fully saturated rings. The van der Waals surface area contributed by atoms with Crippen molar-refractivity contribution < 1.29 is 19.1 Å². The lowest BCUT2D eigenvalue weighted by Gasteiger charge is -2.38. The standard InChI is InChI=1S/C27H30Cl2FN3O3/c1-26(2,3)12-21-27(19-5-4-14(28)9-20(19)32-25(27)36)22(13-6-15(29)8-16(30)7-13)23(33-21)24(35)31-17-10-18(34)11-17/h4-9,17-18,21-23,33-34H,10-12H2,1-3H3,(H,31,35)(H,32,36). The summed E-state index contributed by atoms with van der Waals surface area (Å²) in [6.45, 7) is 6.24. The summed E-state index contributed by atoms with van der Waals surface area (Å²) >= 11 is 12.5. The molecule has 1 spiro atoms. The van der Waals surface area contributed by atoms with E-state index in [1.54, 1.807) is 18.2 Å². The molecule has 6 nitrogen and oxygen atoms in total. The third-order valence-corrected chi connectivity index (χ3v) is 8.06. The number of fused-ring (bicyclic) bond motifs is 2. The average molecular weight is 534 g/mol. The van der Waals surface area contributed by atoms with E-state index in [9.17, 15) is 19.1 Å². The van der Waals surface area contributed by atoms with Crippen LogP contribution in [0.2, 0.25) is 10.0 Å². The highest BCUT2D eigenvalue weighted by molar-refractivity contribution is 6.31. The van der Waals surface area contributed by atoms with Gasteiger partial charge in [-0.3, -0.25) is 9.59 Å². The summed E-state index contributed by atoms with van der Waals surface area (Å²) in [7, 11) is 0. The van der Waals surface area contributed by atoms with Crippen molar-refractivity contribution in [2.75, 3.05) is 5.32 Å². The van der Waals surface area contributed by atoms with Gasteiger partial charge in [-0.1, -0.05) is 50.0 Å². The fourth-order valence-electron chi connectivity index (χ4n) is 6.17. The van der Waals surface area contributed by atoms with Gasteiger partial charge < -0.3 is 21.1 Å². The Morgan fingerprint density at radius 3 is 2.53 bits per heavy atom. The van der Waals surface area contributed by atoms with Crippen molar-refractivity contribution in [3.05, 3.63) is 63.4 Å². The molecule has 2 amide bonds. The van der Waals surface area contributed by atoms with E-state index >= 15 is 0 Å². The summed E-state index contributed by atoms with van der Waals surface area (Å²) in [5, 5.41) is 19.9. The van der Waals surface area contributed by atoms with Gasteiger partial charge in [0.15, 0.2) is 0 Å². The minimum absolute atomic E-state index is 0.146. The number of carbonyl (C=O) groups is 2. The zero-order chi connectivity index (χ0) is 26.0. The summed E-state index contributed by atoms with van der Waals surface area (Å²) in [5.41, 5.74) is 0.386. The molecule has 0 aromatic heterocycles. The first-order chi connectivity index (χ1) is 16.9. The van der Waals surface area contributed by atoms with Crippen molar-refractivity contribution in [1.82, 2.24) is 10.6 Å². The van der Waals surface area contributed by atoms with Crippen LogP contribution in [-0.2, 0) is 15.0 Å². The lowest BCUT2D eigenvalue weighted by atomic mass is 9.62. The number of aliphatic hydroxyl groups is 1. The van der Waals surface area contributed by atoms with Crippen molar-refractivity contribution in [2.45, 2.75) is 75.6 Å². The minimum Gasteiger partial charge on any atom is -0.393 e. The second kappa shape index (κ2) is 8.98. The first kappa shape index (κ1) is 25.5. The Hall–Kier alpha value is -2.19. The molecule has 36 heavy (non-hydrogen) atoms. The molecule has 0 radical (unpaired) electrons. The highest BCUT2D eigenvalue weighted by atomic mass is 35.5. The molecular weight excluding hydrogens is 504 g/mol. The van der Waals surface area contributed by atoms with Crippen LogP contribution in [0.3, 0.4) is 0 Å². The monoisotopic (exact) mass is 533 g/mol. The second-order valence-electron chi connectivity index (χ2n) is 11.5. The van der Waals surface area contributed by atoms with Gasteiger partial charge in [-0.2, -0.15) is 0 Å². The highest BCUT2D eigenvalue weighted by Crippen LogP contribution is 2.56. The van der Waals surface area contributed by atoms with Crippen LogP contribution in [0, 0.1) is 11.2 Å². The molecule has 2 aromatic carbocycles. The maximum Gasteiger partial charge on any atom is 0.238 e. The van der Waals surface area contributed by atoms with Crippen LogP contribution in [0.5, 0.6) is 0 Å². The van der Waals surface area contributed by atoms with Crippen LogP contribution in [0.25, 0.3) is 0 Å². The lowest BCUT2D eigenvalue weighted by molar-refractivity contribution is -0.125. The average Bonchev–Trinajstić information content (AvgIpc) is 3.20. The predicted molar refractivity (Wildman–Crippen MR) is 138 cm³/mol. The van der Waals surface area contributed by atoms with Gasteiger partial charge >= 0.3 is 0 Å². The third kappa shape index (κ3) is 4.30. The van der Waals surface area contributed by atoms with E-state index in [0.29, 0.717) is 35.5 Å². The molecule has 2 aliphatic heterocycles. The van der Waals surface area contributed by atoms with Crippen LogP contribution < -0.4 is 16.0 Å². The molecule has 1 saturated carbocycles. The van der Waals surface area contributed by atoms with Crippen molar-refractivity contribution in [3.63, 3.8) is 0 Å². The Bertz CT molecular complexity index is 1210. The van der Waals surface area contributed by atoms with Gasteiger partial charge in [0.2, 0.25) is 11.8 Å². The van der Waals surface area contributed by atoms with Gasteiger partial charge in [0.25, 0.3) is 0 Å². The molecule has 1 saturated heterocycles. The van der Waals surface area contributed by atoms with E-state index in [-0.39, 0.29) is 28.3 Å². The quantitative estimate of drug-likeness (QED) is 0.465. The molecule has 2 aromatic rings. The number of aliphatic hydroxyl groups excluding tert-OH is 1. The van der Waals surface area contributed by atoms with E-state index in [1.165, 1.54) is 12.1 Å². The number of benzene rings is 2. The minimum atomic E-state index is -1.20. The van der Waals surface area contributed by atoms with Crippen LogP contribution in [0.4, 0.5) is 10.1 Å². The number of rotatable bonds is 4. The molecule has 3 aliphatic rings. The zero-order valence-corrected chi connectivity index (χ0v) is 21.9. The molecule has 4 N–H and O–H groups in total. The number of hydrogen-bond donors (Lipinski definition) is 4. The highest BCUT2D eigenvalue weighted by Gasteiger charge is 2.65. The number of hydrogen-bond acceptors (Lipinski definition) is 4. The van der Waals surface area contributed by atoms with Crippen molar-refractivity contribution in [3.8, 4) is 0 Å². The lowest BCUT2D eigenvalue weighted by Crippen LogP contribution is -2.53. The Morgan fingerprint density at radius 1 is 1.17 bits per heavy atom. The molecule has 192 valence electrons. The van der Waals surface area contributed by atoms with Gasteiger partial charge in [-0.05, 0) is 66.1 Å². The molecule has 5 rings (SSSR count). The Labute approximate surface area is 219 Å². The number of halogens is 3. The van der Waals surface area contributed by atoms with Crippen LogP contribution in [0.1, 0.15) is 57.1 Å². The smallest absolute Gasteiger partial charge is 0.238 e. The van der Waals surface area contributed by atoms with Gasteiger partial charge in [0.1, 0.15) is 11.2 Å². The van der Waals surface area contributed by atoms with Crippen molar-refractivity contribution in [2.24, 2.45) is 5.41 Å². The van der Waals surface area contributed by atoms with Gasteiger partial charge in [-0.15, -0.1) is 0 Å². The van der Waals surface area contributed by atoms with Crippen LogP contribution >= 0.6 is 23.2 Å².